The standard InChI is InChI=1S/C20H32N2O3/c1-3-10-21-11-8-16(9-12-21)13-20(25)22(4-2)15-19(24)17-6-5-7-18(23)14-17/h5-7,14,16,19,23-24H,3-4,8-13,15H2,1-2H3/t19-/m1/s1. The van der Waals surface area contributed by atoms with Gasteiger partial charge in [-0.1, -0.05) is 19.1 Å². The highest BCUT2D eigenvalue weighted by atomic mass is 16.3. The van der Waals surface area contributed by atoms with Crippen LogP contribution in [0.3, 0.4) is 0 Å². The molecule has 5 heteroatoms. The van der Waals surface area contributed by atoms with Crippen LogP contribution in [0.4, 0.5) is 0 Å². The number of aromatic hydroxyl groups is 1. The van der Waals surface area contributed by atoms with Gasteiger partial charge in [0.1, 0.15) is 5.75 Å². The van der Waals surface area contributed by atoms with Gasteiger partial charge in [-0.2, -0.15) is 0 Å². The van der Waals surface area contributed by atoms with E-state index in [1.807, 2.05) is 6.92 Å². The molecule has 0 spiro atoms. The van der Waals surface area contributed by atoms with Crippen molar-refractivity contribution in [3.05, 3.63) is 29.8 Å². The maximum absolute atomic E-state index is 12.6. The number of likely N-dealkylation sites (tertiary alicyclic amines) is 1. The van der Waals surface area contributed by atoms with Gasteiger partial charge in [-0.25, -0.2) is 0 Å². The second-order valence-electron chi connectivity index (χ2n) is 7.03. The summed E-state index contributed by atoms with van der Waals surface area (Å²) in [5.74, 6) is 0.702. The summed E-state index contributed by atoms with van der Waals surface area (Å²) in [4.78, 5) is 16.8. The van der Waals surface area contributed by atoms with Crippen LogP contribution in [0.5, 0.6) is 5.75 Å². The molecular weight excluding hydrogens is 316 g/mol. The van der Waals surface area contributed by atoms with Crippen LogP contribution < -0.4 is 0 Å². The lowest BCUT2D eigenvalue weighted by molar-refractivity contribution is -0.133. The number of benzene rings is 1. The van der Waals surface area contributed by atoms with Gasteiger partial charge in [-0.05, 0) is 69.4 Å². The number of hydrogen-bond acceptors (Lipinski definition) is 4. The molecule has 5 nitrogen and oxygen atoms in total. The normalized spacial score (nSPS) is 17.4. The molecule has 1 aromatic carbocycles. The molecule has 2 N–H and O–H groups in total. The Morgan fingerprint density at radius 2 is 2.04 bits per heavy atom. The number of piperidine rings is 1. The first-order valence-electron chi connectivity index (χ1n) is 9.50. The van der Waals surface area contributed by atoms with Crippen LogP contribution in [0.15, 0.2) is 24.3 Å². The van der Waals surface area contributed by atoms with E-state index in [0.29, 0.717) is 24.4 Å². The molecule has 1 amide bonds. The van der Waals surface area contributed by atoms with Crippen LogP contribution in [-0.2, 0) is 4.79 Å². The van der Waals surface area contributed by atoms with Crippen molar-refractivity contribution in [2.75, 3.05) is 32.7 Å². The first-order chi connectivity index (χ1) is 12.0. The van der Waals surface area contributed by atoms with Crippen molar-refractivity contribution in [1.82, 2.24) is 9.80 Å². The third-order valence-corrected chi connectivity index (χ3v) is 5.09. The first-order valence-corrected chi connectivity index (χ1v) is 9.50. The molecule has 1 saturated heterocycles. The molecule has 1 atom stereocenters. The Hall–Kier alpha value is -1.59. The Labute approximate surface area is 151 Å². The second kappa shape index (κ2) is 9.78. The zero-order chi connectivity index (χ0) is 18.2. The highest BCUT2D eigenvalue weighted by molar-refractivity contribution is 5.76. The quantitative estimate of drug-likeness (QED) is 0.758. The van der Waals surface area contributed by atoms with E-state index < -0.39 is 6.10 Å². The Balaban J connectivity index is 1.84. The van der Waals surface area contributed by atoms with Crippen molar-refractivity contribution >= 4 is 5.91 Å². The van der Waals surface area contributed by atoms with Gasteiger partial charge in [-0.15, -0.1) is 0 Å². The van der Waals surface area contributed by atoms with Crippen molar-refractivity contribution < 1.29 is 15.0 Å². The number of hydrogen-bond donors (Lipinski definition) is 2. The van der Waals surface area contributed by atoms with Gasteiger partial charge < -0.3 is 20.0 Å². The van der Waals surface area contributed by atoms with E-state index in [1.165, 1.54) is 6.42 Å². The smallest absolute Gasteiger partial charge is 0.222 e. The van der Waals surface area contributed by atoms with Crippen molar-refractivity contribution in [2.24, 2.45) is 5.92 Å². The molecule has 1 heterocycles. The van der Waals surface area contributed by atoms with Crippen LogP contribution >= 0.6 is 0 Å². The van der Waals surface area contributed by atoms with Gasteiger partial charge in [-0.3, -0.25) is 4.79 Å². The lowest BCUT2D eigenvalue weighted by Gasteiger charge is -2.33. The van der Waals surface area contributed by atoms with Crippen molar-refractivity contribution in [3.8, 4) is 5.75 Å². The van der Waals surface area contributed by atoms with Crippen LogP contribution in [0.25, 0.3) is 0 Å². The summed E-state index contributed by atoms with van der Waals surface area (Å²) in [7, 11) is 0. The average Bonchev–Trinajstić information content (AvgIpc) is 2.61. The lowest BCUT2D eigenvalue weighted by atomic mass is 9.92. The second-order valence-corrected chi connectivity index (χ2v) is 7.03. The summed E-state index contributed by atoms with van der Waals surface area (Å²) in [6, 6.07) is 6.60. The van der Waals surface area contributed by atoms with Crippen LogP contribution in [-0.4, -0.2) is 58.6 Å². The summed E-state index contributed by atoms with van der Waals surface area (Å²) in [5, 5.41) is 19.9. The van der Waals surface area contributed by atoms with E-state index in [4.69, 9.17) is 0 Å². The van der Waals surface area contributed by atoms with E-state index in [9.17, 15) is 15.0 Å². The third-order valence-electron chi connectivity index (χ3n) is 5.09. The number of phenols is 1. The van der Waals surface area contributed by atoms with E-state index in [-0.39, 0.29) is 18.2 Å². The highest BCUT2D eigenvalue weighted by Gasteiger charge is 2.24. The van der Waals surface area contributed by atoms with E-state index in [1.54, 1.807) is 29.2 Å². The molecule has 1 aliphatic rings. The Bertz CT molecular complexity index is 541. The summed E-state index contributed by atoms with van der Waals surface area (Å²) < 4.78 is 0. The van der Waals surface area contributed by atoms with Crippen molar-refractivity contribution in [3.63, 3.8) is 0 Å². The minimum absolute atomic E-state index is 0.121. The number of aliphatic hydroxyl groups is 1. The fourth-order valence-corrected chi connectivity index (χ4v) is 3.56. The monoisotopic (exact) mass is 348 g/mol. The topological polar surface area (TPSA) is 64.0 Å². The highest BCUT2D eigenvalue weighted by Crippen LogP contribution is 2.23. The predicted molar refractivity (Wildman–Crippen MR) is 99.4 cm³/mol. The Morgan fingerprint density at radius 1 is 1.32 bits per heavy atom. The summed E-state index contributed by atoms with van der Waals surface area (Å²) >= 11 is 0. The molecule has 2 rings (SSSR count). The van der Waals surface area contributed by atoms with Crippen molar-refractivity contribution in [1.29, 1.82) is 0 Å². The molecule has 1 fully saturated rings. The van der Waals surface area contributed by atoms with Crippen molar-refractivity contribution in [2.45, 2.75) is 45.6 Å². The molecule has 0 aromatic heterocycles. The number of amides is 1. The minimum atomic E-state index is -0.776. The van der Waals surface area contributed by atoms with Gasteiger partial charge in [0.2, 0.25) is 5.91 Å². The zero-order valence-electron chi connectivity index (χ0n) is 15.5. The molecule has 0 aliphatic carbocycles. The minimum Gasteiger partial charge on any atom is -0.508 e. The number of carbonyl (C=O) groups is 1. The Morgan fingerprint density at radius 3 is 2.64 bits per heavy atom. The van der Waals surface area contributed by atoms with E-state index in [2.05, 4.69) is 11.8 Å². The van der Waals surface area contributed by atoms with Crippen LogP contribution in [0, 0.1) is 5.92 Å². The van der Waals surface area contributed by atoms with Crippen LogP contribution in [0.1, 0.15) is 51.2 Å². The number of likely N-dealkylation sites (N-methyl/N-ethyl adjacent to an activating group) is 1. The largest absolute Gasteiger partial charge is 0.508 e. The summed E-state index contributed by atoms with van der Waals surface area (Å²) in [6.45, 7) is 8.33. The molecule has 140 valence electrons. The fourth-order valence-electron chi connectivity index (χ4n) is 3.56. The lowest BCUT2D eigenvalue weighted by Crippen LogP contribution is -2.39. The van der Waals surface area contributed by atoms with Gasteiger partial charge >= 0.3 is 0 Å². The number of nitrogens with zero attached hydrogens (tertiary/aromatic N) is 2. The van der Waals surface area contributed by atoms with Gasteiger partial charge in [0.25, 0.3) is 0 Å². The molecular formula is C20H32N2O3. The fraction of sp³-hybridized carbons (Fsp3) is 0.650. The number of rotatable bonds is 8. The average molecular weight is 348 g/mol. The molecule has 1 aliphatic heterocycles. The zero-order valence-corrected chi connectivity index (χ0v) is 15.5. The van der Waals surface area contributed by atoms with Gasteiger partial charge in [0.05, 0.1) is 12.6 Å². The summed E-state index contributed by atoms with van der Waals surface area (Å²) in [6.07, 6.45) is 3.14. The van der Waals surface area contributed by atoms with Gasteiger partial charge in [0.15, 0.2) is 0 Å². The SMILES string of the molecule is CCCN1CCC(CC(=O)N(CC)C[C@@H](O)c2cccc(O)c2)CC1. The maximum atomic E-state index is 12.6. The van der Waals surface area contributed by atoms with Gasteiger partial charge in [0, 0.05) is 13.0 Å². The molecule has 25 heavy (non-hydrogen) atoms. The molecule has 0 bridgehead atoms. The Kier molecular flexibility index (Phi) is 7.72. The van der Waals surface area contributed by atoms with E-state index in [0.717, 1.165) is 32.5 Å². The number of aliphatic hydroxyl groups excluding tert-OH is 1. The first kappa shape index (κ1) is 19.7. The molecule has 0 saturated carbocycles. The number of phenolic OH excluding ortho intramolecular Hbond substituents is 1. The predicted octanol–water partition coefficient (Wildman–Crippen LogP) is 2.79. The third kappa shape index (κ3) is 6.01. The molecule has 0 radical (unpaired) electrons. The molecule has 0 unspecified atom stereocenters. The number of carbonyl (C=O) groups excluding carboxylic acids is 1. The van der Waals surface area contributed by atoms with Crippen LogP contribution in [0.2, 0.25) is 0 Å². The molecule has 1 aromatic rings. The van der Waals surface area contributed by atoms with E-state index >= 15 is 0 Å². The summed E-state index contributed by atoms with van der Waals surface area (Å²) in [5.41, 5.74) is 0.638. The maximum Gasteiger partial charge on any atom is 0.222 e.